The highest BCUT2D eigenvalue weighted by molar-refractivity contribution is 5.94. The van der Waals surface area contributed by atoms with Gasteiger partial charge in [0.25, 0.3) is 5.56 Å². The first-order valence-electron chi connectivity index (χ1n) is 9.43. The number of rotatable bonds is 5. The summed E-state index contributed by atoms with van der Waals surface area (Å²) in [5.74, 6) is -0.290. The van der Waals surface area contributed by atoms with Gasteiger partial charge in [0.1, 0.15) is 24.0 Å². The molecule has 170 valence electrons. The molecule has 0 saturated carbocycles. The van der Waals surface area contributed by atoms with Crippen LogP contribution in [-0.2, 0) is 24.1 Å². The Labute approximate surface area is 182 Å². The SMILES string of the molecule is O=C(Cn1cnc2c(cnn2-c2cccc(C(F)(F)F)c2)c1=O)NC(=O)NCc1ccco1. The quantitative estimate of drug-likeness (QED) is 0.471. The smallest absolute Gasteiger partial charge is 0.416 e. The van der Waals surface area contributed by atoms with Crippen LogP contribution in [0.2, 0.25) is 0 Å². The highest BCUT2D eigenvalue weighted by Gasteiger charge is 2.30. The lowest BCUT2D eigenvalue weighted by atomic mass is 10.2. The topological polar surface area (TPSA) is 124 Å². The van der Waals surface area contributed by atoms with Crippen molar-refractivity contribution in [2.24, 2.45) is 0 Å². The van der Waals surface area contributed by atoms with E-state index < -0.39 is 35.8 Å². The molecule has 0 spiro atoms. The third-order valence-electron chi connectivity index (χ3n) is 4.54. The summed E-state index contributed by atoms with van der Waals surface area (Å²) in [5.41, 5.74) is -1.44. The lowest BCUT2D eigenvalue weighted by molar-refractivity contribution is -0.137. The minimum Gasteiger partial charge on any atom is -0.467 e. The number of hydrogen-bond donors (Lipinski definition) is 2. The number of hydrogen-bond acceptors (Lipinski definition) is 6. The molecule has 33 heavy (non-hydrogen) atoms. The van der Waals surface area contributed by atoms with Crippen LogP contribution in [0.1, 0.15) is 11.3 Å². The third-order valence-corrected chi connectivity index (χ3v) is 4.54. The molecule has 0 unspecified atom stereocenters. The highest BCUT2D eigenvalue weighted by Crippen LogP contribution is 2.30. The number of furan rings is 1. The summed E-state index contributed by atoms with van der Waals surface area (Å²) in [6.45, 7) is -0.445. The van der Waals surface area contributed by atoms with Gasteiger partial charge in [-0.1, -0.05) is 6.07 Å². The number of halogens is 3. The van der Waals surface area contributed by atoms with E-state index in [1.54, 1.807) is 12.1 Å². The lowest BCUT2D eigenvalue weighted by Crippen LogP contribution is -2.41. The first kappa shape index (κ1) is 21.8. The number of aromatic nitrogens is 4. The molecule has 0 atom stereocenters. The third kappa shape index (κ3) is 4.76. The molecule has 0 fully saturated rings. The van der Waals surface area contributed by atoms with E-state index in [-0.39, 0.29) is 23.3 Å². The molecule has 0 radical (unpaired) electrons. The average Bonchev–Trinajstić information content (AvgIpc) is 3.44. The monoisotopic (exact) mass is 460 g/mol. The van der Waals surface area contributed by atoms with Crippen LogP contribution >= 0.6 is 0 Å². The van der Waals surface area contributed by atoms with Crippen molar-refractivity contribution in [3.05, 3.63) is 76.9 Å². The number of alkyl halides is 3. The van der Waals surface area contributed by atoms with Gasteiger partial charge in [0, 0.05) is 0 Å². The Morgan fingerprint density at radius 1 is 1.15 bits per heavy atom. The van der Waals surface area contributed by atoms with Gasteiger partial charge >= 0.3 is 12.2 Å². The first-order chi connectivity index (χ1) is 15.7. The van der Waals surface area contributed by atoms with Crippen molar-refractivity contribution < 1.29 is 27.2 Å². The van der Waals surface area contributed by atoms with E-state index in [2.05, 4.69) is 20.7 Å². The van der Waals surface area contributed by atoms with Gasteiger partial charge in [0.05, 0.1) is 30.3 Å². The van der Waals surface area contributed by atoms with Crippen molar-refractivity contribution in [3.8, 4) is 5.69 Å². The van der Waals surface area contributed by atoms with Gasteiger partial charge < -0.3 is 9.73 Å². The molecule has 0 saturated heterocycles. The van der Waals surface area contributed by atoms with Crippen LogP contribution in [0.15, 0.2) is 64.4 Å². The fraction of sp³-hybridized carbons (Fsp3) is 0.150. The van der Waals surface area contributed by atoms with Crippen molar-refractivity contribution in [2.75, 3.05) is 0 Å². The molecular formula is C20H15F3N6O4. The number of fused-ring (bicyclic) bond motifs is 1. The summed E-state index contributed by atoms with van der Waals surface area (Å²) >= 11 is 0. The predicted octanol–water partition coefficient (Wildman–Crippen LogP) is 2.22. The largest absolute Gasteiger partial charge is 0.467 e. The Bertz CT molecular complexity index is 1370. The fourth-order valence-corrected chi connectivity index (χ4v) is 3.01. The molecule has 2 N–H and O–H groups in total. The van der Waals surface area contributed by atoms with Gasteiger partial charge in [0.2, 0.25) is 5.91 Å². The maximum Gasteiger partial charge on any atom is 0.416 e. The van der Waals surface area contributed by atoms with Crippen molar-refractivity contribution in [3.63, 3.8) is 0 Å². The number of urea groups is 1. The van der Waals surface area contributed by atoms with Crippen molar-refractivity contribution in [1.82, 2.24) is 30.0 Å². The number of benzene rings is 1. The normalized spacial score (nSPS) is 11.5. The zero-order valence-electron chi connectivity index (χ0n) is 16.7. The Morgan fingerprint density at radius 2 is 1.97 bits per heavy atom. The fourth-order valence-electron chi connectivity index (χ4n) is 3.01. The minimum absolute atomic E-state index is 0.00928. The number of nitrogens with one attached hydrogen (secondary N) is 2. The van der Waals surface area contributed by atoms with E-state index >= 15 is 0 Å². The second-order valence-electron chi connectivity index (χ2n) is 6.83. The second kappa shape index (κ2) is 8.61. The van der Waals surface area contributed by atoms with Gasteiger partial charge in [-0.15, -0.1) is 0 Å². The average molecular weight is 460 g/mol. The minimum atomic E-state index is -4.54. The number of amides is 3. The molecule has 0 bridgehead atoms. The van der Waals surface area contributed by atoms with Crippen molar-refractivity contribution >= 4 is 23.0 Å². The van der Waals surface area contributed by atoms with Crippen LogP contribution in [0.4, 0.5) is 18.0 Å². The van der Waals surface area contributed by atoms with Crippen LogP contribution in [0.5, 0.6) is 0 Å². The van der Waals surface area contributed by atoms with Crippen LogP contribution in [0.25, 0.3) is 16.7 Å². The molecule has 1 aromatic carbocycles. The highest BCUT2D eigenvalue weighted by atomic mass is 19.4. The van der Waals surface area contributed by atoms with Gasteiger partial charge in [-0.05, 0) is 30.3 Å². The second-order valence-corrected chi connectivity index (χ2v) is 6.83. The van der Waals surface area contributed by atoms with E-state index in [9.17, 15) is 27.6 Å². The van der Waals surface area contributed by atoms with Gasteiger partial charge in [-0.2, -0.15) is 18.3 Å². The van der Waals surface area contributed by atoms with E-state index in [1.165, 1.54) is 18.4 Å². The summed E-state index contributed by atoms with van der Waals surface area (Å²) < 4.78 is 46.1. The number of nitrogens with zero attached hydrogens (tertiary/aromatic N) is 4. The molecule has 3 heterocycles. The molecule has 4 aromatic rings. The Hall–Kier alpha value is -4.42. The molecule has 13 heteroatoms. The van der Waals surface area contributed by atoms with E-state index in [1.807, 2.05) is 0 Å². The maximum absolute atomic E-state index is 13.0. The number of carbonyl (C=O) groups excluding carboxylic acids is 2. The molecule has 3 amide bonds. The molecule has 0 aliphatic carbocycles. The zero-order chi connectivity index (χ0) is 23.6. The molecule has 0 aliphatic rings. The number of carbonyl (C=O) groups is 2. The Kier molecular flexibility index (Phi) is 5.69. The van der Waals surface area contributed by atoms with Crippen molar-refractivity contribution in [1.29, 1.82) is 0 Å². The van der Waals surface area contributed by atoms with Gasteiger partial charge in [-0.25, -0.2) is 14.5 Å². The number of imide groups is 1. The zero-order valence-corrected chi connectivity index (χ0v) is 16.7. The maximum atomic E-state index is 13.0. The van der Waals surface area contributed by atoms with E-state index in [0.717, 1.165) is 33.9 Å². The van der Waals surface area contributed by atoms with Gasteiger partial charge in [0.15, 0.2) is 5.65 Å². The van der Waals surface area contributed by atoms with Gasteiger partial charge in [-0.3, -0.25) is 19.5 Å². The Balaban J connectivity index is 1.49. The Morgan fingerprint density at radius 3 is 2.70 bits per heavy atom. The molecule has 3 aromatic heterocycles. The lowest BCUT2D eigenvalue weighted by Gasteiger charge is -2.09. The summed E-state index contributed by atoms with van der Waals surface area (Å²) in [7, 11) is 0. The van der Waals surface area contributed by atoms with Crippen LogP contribution in [0, 0.1) is 0 Å². The van der Waals surface area contributed by atoms with E-state index in [4.69, 9.17) is 4.42 Å². The molecular weight excluding hydrogens is 445 g/mol. The van der Waals surface area contributed by atoms with E-state index in [0.29, 0.717) is 5.76 Å². The predicted molar refractivity (Wildman–Crippen MR) is 107 cm³/mol. The summed E-state index contributed by atoms with van der Waals surface area (Å²) in [6.07, 6.45) is -0.909. The van der Waals surface area contributed by atoms with Crippen LogP contribution in [0.3, 0.4) is 0 Å². The first-order valence-corrected chi connectivity index (χ1v) is 9.43. The molecule has 10 nitrogen and oxygen atoms in total. The summed E-state index contributed by atoms with van der Waals surface area (Å²) in [6, 6.07) is 6.91. The van der Waals surface area contributed by atoms with Crippen LogP contribution < -0.4 is 16.2 Å². The molecule has 0 aliphatic heterocycles. The van der Waals surface area contributed by atoms with Crippen molar-refractivity contribution in [2.45, 2.75) is 19.3 Å². The summed E-state index contributed by atoms with van der Waals surface area (Å²) in [4.78, 5) is 40.7. The molecule has 4 rings (SSSR count). The van der Waals surface area contributed by atoms with Crippen LogP contribution in [-0.4, -0.2) is 31.3 Å². The standard InChI is InChI=1S/C20H15F3N6O4/c21-20(22,23)12-3-1-4-13(7-12)29-17-15(9-26-29)18(31)28(11-25-17)10-16(30)27-19(32)24-8-14-5-2-6-33-14/h1-7,9,11H,8,10H2,(H2,24,27,30,32). The summed E-state index contributed by atoms with van der Waals surface area (Å²) in [5, 5.41) is 8.45.